The molecule has 0 heterocycles. The first-order valence-corrected chi connectivity index (χ1v) is 7.85. The van der Waals surface area contributed by atoms with Gasteiger partial charge in [0.15, 0.2) is 0 Å². The van der Waals surface area contributed by atoms with Crippen LogP contribution in [-0.4, -0.2) is 28.7 Å². The van der Waals surface area contributed by atoms with Crippen LogP contribution in [0.4, 0.5) is 0 Å². The molecule has 6 heteroatoms. The molecule has 0 spiro atoms. The third-order valence-corrected chi connectivity index (χ3v) is 3.71. The summed E-state index contributed by atoms with van der Waals surface area (Å²) in [6.07, 6.45) is 0.686. The van der Waals surface area contributed by atoms with Crippen LogP contribution in [0.3, 0.4) is 0 Å². The molecule has 0 bridgehead atoms. The van der Waals surface area contributed by atoms with Crippen LogP contribution in [0.2, 0.25) is 0 Å². The van der Waals surface area contributed by atoms with Crippen LogP contribution in [0.5, 0.6) is 5.75 Å². The molecule has 0 saturated heterocycles. The van der Waals surface area contributed by atoms with Crippen LogP contribution < -0.4 is 4.74 Å². The maximum absolute atomic E-state index is 11.5. The Labute approximate surface area is 112 Å². The van der Waals surface area contributed by atoms with Gasteiger partial charge in [0.1, 0.15) is 10.6 Å². The molecule has 102 valence electrons. The molecule has 0 aliphatic carbocycles. The van der Waals surface area contributed by atoms with Crippen LogP contribution in [0.15, 0.2) is 17.0 Å². The Bertz CT molecular complexity index is 511. The average molecular weight is 293 g/mol. The smallest absolute Gasteiger partial charge is 0.265 e. The SMILES string of the molecule is COCCCOc1c(C)cc(C)cc1S(=O)(=O)Cl. The molecular formula is C12H17ClO4S. The fourth-order valence-corrected chi connectivity index (χ4v) is 2.77. The lowest BCUT2D eigenvalue weighted by Gasteiger charge is -2.13. The maximum Gasteiger partial charge on any atom is 0.265 e. The lowest BCUT2D eigenvalue weighted by molar-refractivity contribution is 0.171. The summed E-state index contributed by atoms with van der Waals surface area (Å²) in [6, 6.07) is 3.37. The van der Waals surface area contributed by atoms with E-state index in [1.807, 2.05) is 13.0 Å². The van der Waals surface area contributed by atoms with Crippen molar-refractivity contribution in [1.82, 2.24) is 0 Å². The second-order valence-electron chi connectivity index (χ2n) is 4.04. The zero-order chi connectivity index (χ0) is 13.8. The number of benzene rings is 1. The Kier molecular flexibility index (Phi) is 5.44. The van der Waals surface area contributed by atoms with Crippen LogP contribution in [0.25, 0.3) is 0 Å². The molecule has 4 nitrogen and oxygen atoms in total. The minimum Gasteiger partial charge on any atom is -0.492 e. The summed E-state index contributed by atoms with van der Waals surface area (Å²) < 4.78 is 33.4. The van der Waals surface area contributed by atoms with Crippen LogP contribution in [0, 0.1) is 13.8 Å². The van der Waals surface area contributed by atoms with Gasteiger partial charge in [-0.3, -0.25) is 0 Å². The first-order chi connectivity index (χ1) is 8.36. The van der Waals surface area contributed by atoms with Crippen molar-refractivity contribution in [1.29, 1.82) is 0 Å². The van der Waals surface area contributed by atoms with Crippen molar-refractivity contribution in [3.8, 4) is 5.75 Å². The Morgan fingerprint density at radius 3 is 2.44 bits per heavy atom. The Morgan fingerprint density at radius 2 is 1.89 bits per heavy atom. The number of halogens is 1. The van der Waals surface area contributed by atoms with E-state index in [4.69, 9.17) is 20.2 Å². The lowest BCUT2D eigenvalue weighted by atomic mass is 10.1. The number of ether oxygens (including phenoxy) is 2. The van der Waals surface area contributed by atoms with E-state index in [0.29, 0.717) is 25.4 Å². The van der Waals surface area contributed by atoms with Crippen molar-refractivity contribution in [2.24, 2.45) is 0 Å². The molecule has 0 unspecified atom stereocenters. The van der Waals surface area contributed by atoms with Gasteiger partial charge in [-0.15, -0.1) is 0 Å². The maximum atomic E-state index is 11.5. The Hall–Kier alpha value is -0.780. The summed E-state index contributed by atoms with van der Waals surface area (Å²) in [5.74, 6) is 0.326. The highest BCUT2D eigenvalue weighted by atomic mass is 35.7. The number of methoxy groups -OCH3 is 1. The monoisotopic (exact) mass is 292 g/mol. The second-order valence-corrected chi connectivity index (χ2v) is 6.58. The van der Waals surface area contributed by atoms with Crippen molar-refractivity contribution in [2.45, 2.75) is 25.2 Å². The molecule has 0 aliphatic rings. The van der Waals surface area contributed by atoms with Gasteiger partial charge in [-0.2, -0.15) is 0 Å². The van der Waals surface area contributed by atoms with Gasteiger partial charge in [0.2, 0.25) is 0 Å². The molecule has 0 fully saturated rings. The number of rotatable bonds is 6. The quantitative estimate of drug-likeness (QED) is 0.597. The van der Waals surface area contributed by atoms with Gasteiger partial charge in [-0.25, -0.2) is 8.42 Å². The van der Waals surface area contributed by atoms with Crippen molar-refractivity contribution in [3.63, 3.8) is 0 Å². The van der Waals surface area contributed by atoms with Crippen molar-refractivity contribution < 1.29 is 17.9 Å². The highest BCUT2D eigenvalue weighted by Gasteiger charge is 2.19. The predicted molar refractivity (Wildman–Crippen MR) is 70.9 cm³/mol. The first-order valence-electron chi connectivity index (χ1n) is 5.54. The summed E-state index contributed by atoms with van der Waals surface area (Å²) in [5, 5.41) is 0. The third-order valence-electron chi connectivity index (χ3n) is 2.39. The van der Waals surface area contributed by atoms with Gasteiger partial charge in [0.25, 0.3) is 9.05 Å². The number of aryl methyl sites for hydroxylation is 2. The fraction of sp³-hybridized carbons (Fsp3) is 0.500. The number of hydrogen-bond donors (Lipinski definition) is 0. The van der Waals surface area contributed by atoms with Gasteiger partial charge in [-0.05, 0) is 31.0 Å². The molecule has 0 amide bonds. The minimum atomic E-state index is -3.81. The first kappa shape index (κ1) is 15.3. The van der Waals surface area contributed by atoms with Gasteiger partial charge < -0.3 is 9.47 Å². The molecular weight excluding hydrogens is 276 g/mol. The topological polar surface area (TPSA) is 52.6 Å². The predicted octanol–water partition coefficient (Wildman–Crippen LogP) is 2.65. The summed E-state index contributed by atoms with van der Waals surface area (Å²) in [4.78, 5) is 0.0269. The standard InChI is InChI=1S/C12H17ClO4S/c1-9-7-10(2)12(17-6-4-5-16-3)11(8-9)18(13,14)15/h7-8H,4-6H2,1-3H3. The third kappa shape index (κ3) is 4.15. The van der Waals surface area contributed by atoms with Crippen LogP contribution in [0.1, 0.15) is 17.5 Å². The summed E-state index contributed by atoms with van der Waals surface area (Å²) in [7, 11) is 3.21. The molecule has 1 aromatic rings. The second kappa shape index (κ2) is 6.41. The van der Waals surface area contributed by atoms with Gasteiger partial charge in [-0.1, -0.05) is 6.07 Å². The van der Waals surface area contributed by atoms with E-state index in [1.165, 1.54) is 6.07 Å². The average Bonchev–Trinajstić information content (AvgIpc) is 2.24. The molecule has 18 heavy (non-hydrogen) atoms. The summed E-state index contributed by atoms with van der Waals surface area (Å²) in [5.41, 5.74) is 1.59. The number of hydrogen-bond acceptors (Lipinski definition) is 4. The molecule has 0 saturated carbocycles. The van der Waals surface area contributed by atoms with E-state index in [9.17, 15) is 8.42 Å². The lowest BCUT2D eigenvalue weighted by Crippen LogP contribution is -2.06. The molecule has 0 atom stereocenters. The fourth-order valence-electron chi connectivity index (χ4n) is 1.66. The van der Waals surface area contributed by atoms with E-state index in [0.717, 1.165) is 11.1 Å². The molecule has 1 rings (SSSR count). The normalized spacial score (nSPS) is 11.6. The molecule has 0 radical (unpaired) electrons. The van der Waals surface area contributed by atoms with Crippen LogP contribution >= 0.6 is 10.7 Å². The highest BCUT2D eigenvalue weighted by molar-refractivity contribution is 8.13. The van der Waals surface area contributed by atoms with E-state index in [-0.39, 0.29) is 4.90 Å². The molecule has 0 N–H and O–H groups in total. The Morgan fingerprint density at radius 1 is 1.22 bits per heavy atom. The van der Waals surface area contributed by atoms with E-state index in [1.54, 1.807) is 14.0 Å². The largest absolute Gasteiger partial charge is 0.492 e. The van der Waals surface area contributed by atoms with Crippen molar-refractivity contribution in [3.05, 3.63) is 23.3 Å². The van der Waals surface area contributed by atoms with Crippen molar-refractivity contribution >= 4 is 19.7 Å². The molecule has 1 aromatic carbocycles. The zero-order valence-corrected chi connectivity index (χ0v) is 12.3. The molecule has 0 aliphatic heterocycles. The van der Waals surface area contributed by atoms with E-state index in [2.05, 4.69) is 0 Å². The van der Waals surface area contributed by atoms with Gasteiger partial charge >= 0.3 is 0 Å². The molecule has 0 aromatic heterocycles. The highest BCUT2D eigenvalue weighted by Crippen LogP contribution is 2.31. The van der Waals surface area contributed by atoms with Crippen molar-refractivity contribution in [2.75, 3.05) is 20.3 Å². The Balaban J connectivity index is 3.02. The zero-order valence-electron chi connectivity index (χ0n) is 10.7. The minimum absolute atomic E-state index is 0.0269. The van der Waals surface area contributed by atoms with Crippen LogP contribution in [-0.2, 0) is 13.8 Å². The van der Waals surface area contributed by atoms with Gasteiger partial charge in [0.05, 0.1) is 6.61 Å². The summed E-state index contributed by atoms with van der Waals surface area (Å²) >= 11 is 0. The summed E-state index contributed by atoms with van der Waals surface area (Å²) in [6.45, 7) is 4.56. The van der Waals surface area contributed by atoms with Gasteiger partial charge in [0, 0.05) is 30.8 Å². The van der Waals surface area contributed by atoms with E-state index >= 15 is 0 Å². The van der Waals surface area contributed by atoms with E-state index < -0.39 is 9.05 Å².